The van der Waals surface area contributed by atoms with Gasteiger partial charge in [0.2, 0.25) is 0 Å². The maximum absolute atomic E-state index is 4.87. The van der Waals surface area contributed by atoms with E-state index < -0.39 is 0 Å². The molecule has 0 spiro atoms. The molecular formula is C20H26N6. The number of fused-ring (bicyclic) bond motifs is 2. The number of likely N-dealkylation sites (N-methyl/N-ethyl adjacent to an activating group) is 2. The lowest BCUT2D eigenvalue weighted by molar-refractivity contribution is 0.419. The van der Waals surface area contributed by atoms with Gasteiger partial charge in [0.25, 0.3) is 0 Å². The molecule has 0 atom stereocenters. The Bertz CT molecular complexity index is 1110. The van der Waals surface area contributed by atoms with E-state index in [0.29, 0.717) is 0 Å². The number of pyridine rings is 1. The first-order chi connectivity index (χ1) is 12.7. The molecule has 2 aromatic carbocycles. The monoisotopic (exact) mass is 350 g/mol. The summed E-state index contributed by atoms with van der Waals surface area (Å²) in [4.78, 5) is 10.2. The molecule has 3 N–H and O–H groups in total. The van der Waals surface area contributed by atoms with Gasteiger partial charge in [-0.05, 0) is 45.4 Å². The highest BCUT2D eigenvalue weighted by Gasteiger charge is 2.13. The molecule has 26 heavy (non-hydrogen) atoms. The Balaban J connectivity index is 2.00. The lowest BCUT2D eigenvalue weighted by Gasteiger charge is -2.07. The van der Waals surface area contributed by atoms with E-state index in [2.05, 4.69) is 69.5 Å². The SMILES string of the molecule is CNCCn1[nH]c2c3cc[nH]cc3cc3c(=NCCN(C)C)ccc1c32. The molecule has 0 aliphatic heterocycles. The van der Waals surface area contributed by atoms with Crippen LogP contribution in [0, 0.1) is 0 Å². The minimum Gasteiger partial charge on any atom is -0.367 e. The van der Waals surface area contributed by atoms with Crippen molar-refractivity contribution in [3.63, 3.8) is 0 Å². The van der Waals surface area contributed by atoms with Gasteiger partial charge in [-0.2, -0.15) is 0 Å². The van der Waals surface area contributed by atoms with Crippen LogP contribution in [-0.4, -0.2) is 60.4 Å². The molecule has 2 heterocycles. The van der Waals surface area contributed by atoms with Crippen LogP contribution in [0.25, 0.3) is 32.6 Å². The molecule has 6 heteroatoms. The third-order valence-corrected chi connectivity index (χ3v) is 4.87. The van der Waals surface area contributed by atoms with Crippen molar-refractivity contribution in [1.82, 2.24) is 25.0 Å². The number of H-pyrrole nitrogens is 2. The maximum atomic E-state index is 4.87. The molecule has 0 unspecified atom stereocenters. The summed E-state index contributed by atoms with van der Waals surface area (Å²) in [6.07, 6.45) is 4.03. The second-order valence-electron chi connectivity index (χ2n) is 6.98. The minimum absolute atomic E-state index is 0.798. The van der Waals surface area contributed by atoms with Crippen molar-refractivity contribution >= 4 is 32.6 Å². The van der Waals surface area contributed by atoms with Crippen LogP contribution in [0.2, 0.25) is 0 Å². The largest absolute Gasteiger partial charge is 0.367 e. The summed E-state index contributed by atoms with van der Waals surface area (Å²) in [5, 5.41) is 12.8. The van der Waals surface area contributed by atoms with E-state index >= 15 is 0 Å². The number of aromatic nitrogens is 3. The zero-order valence-electron chi connectivity index (χ0n) is 15.6. The first-order valence-corrected chi connectivity index (χ1v) is 9.09. The molecule has 0 fully saturated rings. The quantitative estimate of drug-likeness (QED) is 0.467. The Morgan fingerprint density at radius 2 is 2.08 bits per heavy atom. The highest BCUT2D eigenvalue weighted by Crippen LogP contribution is 2.30. The van der Waals surface area contributed by atoms with Gasteiger partial charge in [-0.3, -0.25) is 14.8 Å². The second-order valence-corrected chi connectivity index (χ2v) is 6.98. The van der Waals surface area contributed by atoms with E-state index in [1.54, 1.807) is 0 Å². The smallest absolute Gasteiger partial charge is 0.0722 e. The highest BCUT2D eigenvalue weighted by molar-refractivity contribution is 6.19. The van der Waals surface area contributed by atoms with Crippen molar-refractivity contribution < 1.29 is 0 Å². The van der Waals surface area contributed by atoms with E-state index in [1.807, 2.05) is 13.2 Å². The summed E-state index contributed by atoms with van der Waals surface area (Å²) < 4.78 is 2.23. The van der Waals surface area contributed by atoms with Crippen LogP contribution in [-0.2, 0) is 6.54 Å². The van der Waals surface area contributed by atoms with Gasteiger partial charge in [-0.15, -0.1) is 0 Å². The number of aromatic amines is 2. The summed E-state index contributed by atoms with van der Waals surface area (Å²) >= 11 is 0. The molecule has 6 nitrogen and oxygen atoms in total. The molecule has 0 saturated heterocycles. The molecule has 0 bridgehead atoms. The van der Waals surface area contributed by atoms with Gasteiger partial charge in [0.1, 0.15) is 0 Å². The lowest BCUT2D eigenvalue weighted by Crippen LogP contribution is -2.17. The van der Waals surface area contributed by atoms with E-state index in [9.17, 15) is 0 Å². The molecule has 0 aliphatic carbocycles. The number of hydrogen-bond acceptors (Lipinski definition) is 3. The lowest BCUT2D eigenvalue weighted by atomic mass is 10.0. The van der Waals surface area contributed by atoms with Crippen LogP contribution in [0.15, 0.2) is 41.7 Å². The molecule has 0 amide bonds. The molecular weight excluding hydrogens is 324 g/mol. The van der Waals surface area contributed by atoms with E-state index in [4.69, 9.17) is 4.99 Å². The summed E-state index contributed by atoms with van der Waals surface area (Å²) in [5.41, 5.74) is 2.41. The normalized spacial score (nSPS) is 13.0. The van der Waals surface area contributed by atoms with Crippen LogP contribution in [0.1, 0.15) is 0 Å². The number of rotatable bonds is 6. The van der Waals surface area contributed by atoms with Gasteiger partial charge < -0.3 is 15.2 Å². The number of nitrogens with zero attached hydrogens (tertiary/aromatic N) is 3. The number of benzene rings is 2. The second kappa shape index (κ2) is 6.97. The summed E-state index contributed by atoms with van der Waals surface area (Å²) in [5.74, 6) is 0. The van der Waals surface area contributed by atoms with Gasteiger partial charge in [0.05, 0.1) is 29.5 Å². The first-order valence-electron chi connectivity index (χ1n) is 9.09. The van der Waals surface area contributed by atoms with Crippen molar-refractivity contribution in [2.75, 3.05) is 40.8 Å². The Morgan fingerprint density at radius 1 is 1.19 bits per heavy atom. The molecule has 4 aromatic rings. The third-order valence-electron chi connectivity index (χ3n) is 4.87. The van der Waals surface area contributed by atoms with Crippen molar-refractivity contribution in [3.05, 3.63) is 42.0 Å². The molecule has 2 aromatic heterocycles. The van der Waals surface area contributed by atoms with E-state index in [-0.39, 0.29) is 0 Å². The third kappa shape index (κ3) is 2.91. The highest BCUT2D eigenvalue weighted by atomic mass is 15.3. The van der Waals surface area contributed by atoms with Crippen LogP contribution in [0.4, 0.5) is 0 Å². The Hall–Kier alpha value is -2.57. The fourth-order valence-electron chi connectivity index (χ4n) is 3.53. The molecule has 4 rings (SSSR count). The fourth-order valence-corrected chi connectivity index (χ4v) is 3.53. The average Bonchev–Trinajstić information content (AvgIpc) is 3.01. The Kier molecular flexibility index (Phi) is 4.53. The molecule has 136 valence electrons. The molecule has 0 aliphatic rings. The van der Waals surface area contributed by atoms with Crippen molar-refractivity contribution in [2.24, 2.45) is 4.99 Å². The Labute approximate surface area is 152 Å². The average molecular weight is 350 g/mol. The van der Waals surface area contributed by atoms with E-state index in [1.165, 1.54) is 32.6 Å². The van der Waals surface area contributed by atoms with Gasteiger partial charge >= 0.3 is 0 Å². The van der Waals surface area contributed by atoms with Gasteiger partial charge in [-0.1, -0.05) is 0 Å². The zero-order chi connectivity index (χ0) is 18.1. The zero-order valence-corrected chi connectivity index (χ0v) is 15.6. The standard InChI is InChI=1S/C20H26N6/c1-21-8-11-26-18-5-4-17(23-9-10-25(2)3)16-12-14-13-22-7-6-15(14)20(24-26)19(16)18/h4-7,12-13,21-22,24H,8-11H2,1-3H3. The molecule has 0 saturated carbocycles. The van der Waals surface area contributed by atoms with E-state index in [0.717, 1.165) is 31.5 Å². The van der Waals surface area contributed by atoms with Crippen LogP contribution in [0.3, 0.4) is 0 Å². The van der Waals surface area contributed by atoms with Crippen molar-refractivity contribution in [2.45, 2.75) is 6.54 Å². The van der Waals surface area contributed by atoms with Crippen molar-refractivity contribution in [3.8, 4) is 0 Å². The van der Waals surface area contributed by atoms with Crippen molar-refractivity contribution in [1.29, 1.82) is 0 Å². The minimum atomic E-state index is 0.798. The Morgan fingerprint density at radius 3 is 2.88 bits per heavy atom. The topological polar surface area (TPSA) is 64.1 Å². The molecule has 0 radical (unpaired) electrons. The van der Waals surface area contributed by atoms with Crippen LogP contribution < -0.4 is 10.7 Å². The van der Waals surface area contributed by atoms with Gasteiger partial charge in [-0.25, -0.2) is 0 Å². The number of hydrogen-bond donors (Lipinski definition) is 3. The van der Waals surface area contributed by atoms with Gasteiger partial charge in [0, 0.05) is 47.0 Å². The predicted molar refractivity (Wildman–Crippen MR) is 109 cm³/mol. The van der Waals surface area contributed by atoms with Crippen LogP contribution >= 0.6 is 0 Å². The van der Waals surface area contributed by atoms with Gasteiger partial charge in [0.15, 0.2) is 0 Å². The summed E-state index contributed by atoms with van der Waals surface area (Å²) in [7, 11) is 6.14. The first kappa shape index (κ1) is 16.9. The fraction of sp³-hybridized carbons (Fsp3) is 0.350. The van der Waals surface area contributed by atoms with Crippen LogP contribution in [0.5, 0.6) is 0 Å². The predicted octanol–water partition coefficient (Wildman–Crippen LogP) is 2.29. The summed E-state index contributed by atoms with van der Waals surface area (Å²) in [6, 6.07) is 8.73. The summed E-state index contributed by atoms with van der Waals surface area (Å²) in [6.45, 7) is 3.57. The number of nitrogens with one attached hydrogen (secondary N) is 3. The maximum Gasteiger partial charge on any atom is 0.0722 e.